The van der Waals surface area contributed by atoms with Crippen molar-refractivity contribution in [3.8, 4) is 0 Å². The number of non-ortho nitro benzene ring substituents is 1. The van der Waals surface area contributed by atoms with Crippen molar-refractivity contribution in [2.24, 2.45) is 17.6 Å². The molecule has 2 aliphatic heterocycles. The number of thioether (sulfide) groups is 1. The number of hydrazine groups is 1. The predicted octanol–water partition coefficient (Wildman–Crippen LogP) is 2.44. The zero-order valence-corrected chi connectivity index (χ0v) is 29.2. The van der Waals surface area contributed by atoms with E-state index in [0.717, 1.165) is 31.4 Å². The van der Waals surface area contributed by atoms with Crippen molar-refractivity contribution in [3.63, 3.8) is 0 Å². The first-order valence-electron chi connectivity index (χ1n) is 17.5. The fraction of sp³-hybridized carbons (Fsp3) is 0.514. The first-order valence-corrected chi connectivity index (χ1v) is 18.5. The molecule has 4 atom stereocenters. The number of hydrogen-bond acceptors (Lipinski definition) is 9. The van der Waals surface area contributed by atoms with E-state index in [1.165, 1.54) is 12.1 Å². The Bertz CT molecular complexity index is 1570. The number of nitrogens with one attached hydrogen (secondary N) is 6. The molecule has 6 amide bonds. The highest BCUT2D eigenvalue weighted by molar-refractivity contribution is 8.00. The second-order valence-corrected chi connectivity index (χ2v) is 14.7. The van der Waals surface area contributed by atoms with Crippen molar-refractivity contribution >= 4 is 52.8 Å². The number of carbonyl (C=O) groups excluding carboxylic acids is 5. The molecule has 5 rings (SSSR count). The predicted molar refractivity (Wildman–Crippen MR) is 192 cm³/mol. The van der Waals surface area contributed by atoms with Gasteiger partial charge < -0.3 is 27.0 Å². The van der Waals surface area contributed by atoms with Gasteiger partial charge >= 0.3 is 6.03 Å². The Balaban J connectivity index is 1.06. The lowest BCUT2D eigenvalue weighted by atomic mass is 9.81. The average molecular weight is 723 g/mol. The van der Waals surface area contributed by atoms with Gasteiger partial charge in [0, 0.05) is 47.6 Å². The zero-order chi connectivity index (χ0) is 36.3. The molecule has 16 heteroatoms. The van der Waals surface area contributed by atoms with Gasteiger partial charge in [-0.3, -0.25) is 40.1 Å². The van der Waals surface area contributed by atoms with E-state index in [1.54, 1.807) is 36.4 Å². The largest absolute Gasteiger partial charge is 0.344 e. The molecule has 0 radical (unpaired) electrons. The molecule has 0 unspecified atom stereocenters. The van der Waals surface area contributed by atoms with Crippen LogP contribution in [0.5, 0.6) is 0 Å². The van der Waals surface area contributed by atoms with Crippen LogP contribution in [-0.4, -0.2) is 70.3 Å². The topological polar surface area (TPSA) is 227 Å². The average Bonchev–Trinajstić information content (AvgIpc) is 3.68. The minimum absolute atomic E-state index is 0.000941. The third-order valence-corrected chi connectivity index (χ3v) is 11.3. The van der Waals surface area contributed by atoms with Gasteiger partial charge in [0.1, 0.15) is 6.04 Å². The summed E-state index contributed by atoms with van der Waals surface area (Å²) >= 11 is 1.83. The highest BCUT2D eigenvalue weighted by Crippen LogP contribution is 2.33. The van der Waals surface area contributed by atoms with Gasteiger partial charge in [-0.25, -0.2) is 4.79 Å². The molecule has 0 bridgehead atoms. The number of nitro groups is 1. The molecule has 2 saturated heterocycles. The summed E-state index contributed by atoms with van der Waals surface area (Å²) in [7, 11) is 0. The Morgan fingerprint density at radius 2 is 1.61 bits per heavy atom. The van der Waals surface area contributed by atoms with Crippen molar-refractivity contribution in [2.45, 2.75) is 87.6 Å². The number of fused-ring (bicyclic) bond motifs is 1. The first-order chi connectivity index (χ1) is 24.6. The van der Waals surface area contributed by atoms with Gasteiger partial charge in [0.05, 0.1) is 23.4 Å². The number of unbranched alkanes of at least 4 members (excludes halogenated alkanes) is 1. The summed E-state index contributed by atoms with van der Waals surface area (Å²) in [5, 5.41) is 23.0. The first kappa shape index (κ1) is 37.6. The van der Waals surface area contributed by atoms with Crippen LogP contribution >= 0.6 is 11.8 Å². The summed E-state index contributed by atoms with van der Waals surface area (Å²) in [4.78, 5) is 73.5. The van der Waals surface area contributed by atoms with E-state index in [9.17, 15) is 34.1 Å². The Morgan fingerprint density at radius 1 is 0.922 bits per heavy atom. The Kier molecular flexibility index (Phi) is 13.2. The molecule has 1 saturated carbocycles. The molecule has 2 aromatic carbocycles. The van der Waals surface area contributed by atoms with Crippen LogP contribution in [-0.2, 0) is 32.0 Å². The number of amides is 6. The Labute approximate surface area is 300 Å². The van der Waals surface area contributed by atoms with Crippen LogP contribution in [0.4, 0.5) is 16.2 Å². The fourth-order valence-corrected chi connectivity index (χ4v) is 8.33. The third-order valence-electron chi connectivity index (χ3n) is 9.78. The summed E-state index contributed by atoms with van der Waals surface area (Å²) in [6.45, 7) is 0.587. The normalized spacial score (nSPS) is 22.8. The fourth-order valence-electron chi connectivity index (χ4n) is 6.79. The second kappa shape index (κ2) is 18.0. The van der Waals surface area contributed by atoms with Gasteiger partial charge in [-0.2, -0.15) is 11.8 Å². The van der Waals surface area contributed by atoms with Crippen LogP contribution in [0.25, 0.3) is 0 Å². The second-order valence-electron chi connectivity index (χ2n) is 13.5. The molecule has 0 aromatic heterocycles. The quantitative estimate of drug-likeness (QED) is 0.0619. The zero-order valence-electron chi connectivity index (χ0n) is 28.4. The number of nitrogens with zero attached hydrogens (tertiary/aromatic N) is 1. The molecule has 1 aliphatic carbocycles. The Morgan fingerprint density at radius 3 is 2.29 bits per heavy atom. The lowest BCUT2D eigenvalue weighted by Gasteiger charge is -2.28. The van der Waals surface area contributed by atoms with Gasteiger partial charge in [0.25, 0.3) is 5.69 Å². The van der Waals surface area contributed by atoms with E-state index in [2.05, 4.69) is 32.1 Å². The van der Waals surface area contributed by atoms with Crippen molar-refractivity contribution in [3.05, 3.63) is 69.8 Å². The molecule has 3 fully saturated rings. The van der Waals surface area contributed by atoms with E-state index >= 15 is 0 Å². The molecule has 51 heavy (non-hydrogen) atoms. The number of urea groups is 1. The highest BCUT2D eigenvalue weighted by atomic mass is 32.2. The van der Waals surface area contributed by atoms with E-state index in [4.69, 9.17) is 5.73 Å². The highest BCUT2D eigenvalue weighted by Gasteiger charge is 2.42. The van der Waals surface area contributed by atoms with Gasteiger partial charge in [-0.1, -0.05) is 30.7 Å². The van der Waals surface area contributed by atoms with Gasteiger partial charge in [0.2, 0.25) is 23.6 Å². The molecule has 3 aliphatic rings. The van der Waals surface area contributed by atoms with Crippen LogP contribution in [0.1, 0.15) is 62.5 Å². The Hall–Kier alpha value is -4.70. The van der Waals surface area contributed by atoms with E-state index in [-0.39, 0.29) is 60.8 Å². The van der Waals surface area contributed by atoms with Gasteiger partial charge in [-0.05, 0) is 74.2 Å². The maximum Gasteiger partial charge on any atom is 0.315 e. The van der Waals surface area contributed by atoms with Crippen LogP contribution in [0.2, 0.25) is 0 Å². The SMILES string of the molecule is NCC1CCC(C(=O)N[C@@H](Cc2ccc([N+](=O)[O-])cc2)C(=O)Nc2ccc(CC(=O)NNC(=O)CCCC[C@@H]3SC[C@@H]4NC(=O)N[C@@H]43)cc2)CC1. The molecule has 2 aromatic rings. The number of nitrogens with two attached hydrogens (primary N) is 1. The number of benzene rings is 2. The van der Waals surface area contributed by atoms with E-state index in [1.807, 2.05) is 11.8 Å². The summed E-state index contributed by atoms with van der Waals surface area (Å²) in [5.74, 6) is -0.271. The number of rotatable bonds is 15. The lowest BCUT2D eigenvalue weighted by Crippen LogP contribution is -2.48. The summed E-state index contributed by atoms with van der Waals surface area (Å²) < 4.78 is 0. The molecule has 15 nitrogen and oxygen atoms in total. The number of hydrogen-bond donors (Lipinski definition) is 7. The summed E-state index contributed by atoms with van der Waals surface area (Å²) in [5.41, 5.74) is 12.4. The molecule has 274 valence electrons. The van der Waals surface area contributed by atoms with Crippen LogP contribution in [0.15, 0.2) is 48.5 Å². The molecular formula is C35H46N8O7S. The third kappa shape index (κ3) is 10.9. The van der Waals surface area contributed by atoms with Crippen LogP contribution in [0.3, 0.4) is 0 Å². The molecule has 0 spiro atoms. The van der Waals surface area contributed by atoms with Gasteiger partial charge in [-0.15, -0.1) is 0 Å². The van der Waals surface area contributed by atoms with Crippen molar-refractivity contribution in [2.75, 3.05) is 17.6 Å². The van der Waals surface area contributed by atoms with Crippen molar-refractivity contribution in [1.29, 1.82) is 0 Å². The summed E-state index contributed by atoms with van der Waals surface area (Å²) in [6.07, 6.45) is 5.90. The lowest BCUT2D eigenvalue weighted by molar-refractivity contribution is -0.384. The van der Waals surface area contributed by atoms with Crippen LogP contribution in [0, 0.1) is 22.0 Å². The summed E-state index contributed by atoms with van der Waals surface area (Å²) in [6, 6.07) is 11.8. The number of nitro benzene ring substituents is 1. The van der Waals surface area contributed by atoms with Crippen molar-refractivity contribution < 1.29 is 28.9 Å². The van der Waals surface area contributed by atoms with Crippen molar-refractivity contribution in [1.82, 2.24) is 26.8 Å². The van der Waals surface area contributed by atoms with Gasteiger partial charge in [0.15, 0.2) is 0 Å². The molecule has 2 heterocycles. The molecular weight excluding hydrogens is 677 g/mol. The minimum Gasteiger partial charge on any atom is -0.344 e. The van der Waals surface area contributed by atoms with E-state index < -0.39 is 22.8 Å². The number of anilines is 1. The minimum atomic E-state index is -0.929. The van der Waals surface area contributed by atoms with E-state index in [0.29, 0.717) is 53.8 Å². The number of carbonyl (C=O) groups is 5. The molecule has 8 N–H and O–H groups in total. The smallest absolute Gasteiger partial charge is 0.315 e. The monoisotopic (exact) mass is 722 g/mol. The maximum absolute atomic E-state index is 13.5. The standard InChI is InChI=1S/C35H46N8O7S/c36-19-23-5-11-24(12-6-23)33(46)38-27(17-21-9-15-26(16-10-21)43(49)50)34(47)37-25-13-7-22(8-14-25)18-31(45)42-41-30(44)4-2-1-3-29-32-28(20-51-29)39-35(48)40-32/h7-10,13-16,23-24,27-29,32H,1-6,11-12,17-20,36H2,(H,37,47)(H,38,46)(H,41,44)(H,42,45)(H2,39,40,48)/t23?,24?,27-,28-,29-,32-/m0/s1. The van der Waals surface area contributed by atoms with Crippen LogP contribution < -0.4 is 37.9 Å². The maximum atomic E-state index is 13.5.